The highest BCUT2D eigenvalue weighted by atomic mass is 79.9. The van der Waals surface area contributed by atoms with Crippen LogP contribution in [0.15, 0.2) is 64.8 Å². The summed E-state index contributed by atoms with van der Waals surface area (Å²) in [5.41, 5.74) is 1.13. The Kier molecular flexibility index (Phi) is 6.86. The van der Waals surface area contributed by atoms with Crippen LogP contribution in [0.3, 0.4) is 0 Å². The van der Waals surface area contributed by atoms with E-state index in [1.165, 1.54) is 19.9 Å². The third kappa shape index (κ3) is 5.67. The van der Waals surface area contributed by atoms with Gasteiger partial charge in [-0.3, -0.25) is 9.59 Å². The number of hydrogen-bond acceptors (Lipinski definition) is 4. The third-order valence-electron chi connectivity index (χ3n) is 3.42. The van der Waals surface area contributed by atoms with Crippen molar-refractivity contribution in [3.63, 3.8) is 0 Å². The molecule has 1 amide bonds. The zero-order valence-electron chi connectivity index (χ0n) is 14.4. The molecular weight excluding hydrogens is 398 g/mol. The highest BCUT2D eigenvalue weighted by Crippen LogP contribution is 2.14. The third-order valence-corrected chi connectivity index (χ3v) is 3.95. The van der Waals surface area contributed by atoms with Gasteiger partial charge in [-0.25, -0.2) is 4.79 Å². The Balaban J connectivity index is 2.15. The largest absolute Gasteiger partial charge is 0.450 e. The fourth-order valence-corrected chi connectivity index (χ4v) is 2.44. The van der Waals surface area contributed by atoms with Gasteiger partial charge >= 0.3 is 5.97 Å². The highest BCUT2D eigenvalue weighted by Gasteiger charge is 2.22. The van der Waals surface area contributed by atoms with Crippen LogP contribution in [0.4, 0.5) is 0 Å². The predicted octanol–water partition coefficient (Wildman–Crippen LogP) is 3.74. The van der Waals surface area contributed by atoms with Crippen molar-refractivity contribution in [2.24, 2.45) is 0 Å². The van der Waals surface area contributed by atoms with Gasteiger partial charge < -0.3 is 10.1 Å². The van der Waals surface area contributed by atoms with E-state index >= 15 is 0 Å². The summed E-state index contributed by atoms with van der Waals surface area (Å²) in [6.07, 6.45) is 0.511. The number of ketones is 1. The van der Waals surface area contributed by atoms with Crippen LogP contribution in [0.2, 0.25) is 0 Å². The second kappa shape index (κ2) is 9.10. The van der Waals surface area contributed by atoms with Crippen molar-refractivity contribution in [1.29, 1.82) is 0 Å². The molecule has 0 saturated carbocycles. The van der Waals surface area contributed by atoms with Gasteiger partial charge in [-0.1, -0.05) is 58.4 Å². The molecule has 0 spiro atoms. The van der Waals surface area contributed by atoms with Gasteiger partial charge in [-0.2, -0.15) is 0 Å². The summed E-state index contributed by atoms with van der Waals surface area (Å²) < 4.78 is 6.09. The Morgan fingerprint density at radius 3 is 2.23 bits per heavy atom. The van der Waals surface area contributed by atoms with E-state index in [0.29, 0.717) is 5.56 Å². The summed E-state index contributed by atoms with van der Waals surface area (Å²) in [6, 6.07) is 15.8. The van der Waals surface area contributed by atoms with Crippen molar-refractivity contribution >= 4 is 39.7 Å². The number of amides is 1. The molecular formula is C20H18BrNO4. The van der Waals surface area contributed by atoms with Gasteiger partial charge in [0.1, 0.15) is 5.70 Å². The second-order valence-electron chi connectivity index (χ2n) is 5.57. The van der Waals surface area contributed by atoms with Crippen molar-refractivity contribution in [2.75, 3.05) is 0 Å². The molecule has 0 radical (unpaired) electrons. The standard InChI is InChI=1S/C20H18BrNO4/c1-13(19(24)16-8-10-17(21)11-9-16)26-20(25)18(22-14(2)23)12-15-6-4-3-5-7-15/h3-13H,1-2H3,(H,22,23)/b18-12-. The van der Waals surface area contributed by atoms with Crippen LogP contribution >= 0.6 is 15.9 Å². The molecule has 0 fully saturated rings. The average molecular weight is 416 g/mol. The Labute approximate surface area is 160 Å². The number of halogens is 1. The maximum absolute atomic E-state index is 12.4. The normalized spacial score (nSPS) is 12.2. The van der Waals surface area contributed by atoms with Gasteiger partial charge in [0.15, 0.2) is 6.10 Å². The summed E-state index contributed by atoms with van der Waals surface area (Å²) in [6.45, 7) is 2.79. The van der Waals surface area contributed by atoms with E-state index in [9.17, 15) is 14.4 Å². The monoisotopic (exact) mass is 415 g/mol. The Morgan fingerprint density at radius 1 is 1.04 bits per heavy atom. The molecule has 2 rings (SSSR count). The SMILES string of the molecule is CC(=O)N/C(=C\c1ccccc1)C(=O)OC(C)C(=O)c1ccc(Br)cc1. The van der Waals surface area contributed by atoms with Crippen LogP contribution < -0.4 is 5.32 Å². The van der Waals surface area contributed by atoms with E-state index in [0.717, 1.165) is 10.0 Å². The van der Waals surface area contributed by atoms with E-state index in [1.54, 1.807) is 36.4 Å². The Bertz CT molecular complexity index is 829. The summed E-state index contributed by atoms with van der Waals surface area (Å²) >= 11 is 3.30. The molecule has 0 aliphatic carbocycles. The van der Waals surface area contributed by atoms with E-state index < -0.39 is 18.0 Å². The molecule has 6 heteroatoms. The summed E-state index contributed by atoms with van der Waals surface area (Å²) in [7, 11) is 0. The quantitative estimate of drug-likeness (QED) is 0.443. The van der Waals surface area contributed by atoms with Crippen molar-refractivity contribution in [1.82, 2.24) is 5.32 Å². The van der Waals surface area contributed by atoms with Crippen LogP contribution in [0.25, 0.3) is 6.08 Å². The molecule has 0 saturated heterocycles. The molecule has 26 heavy (non-hydrogen) atoms. The maximum atomic E-state index is 12.4. The molecule has 0 aliphatic rings. The molecule has 1 N–H and O–H groups in total. The maximum Gasteiger partial charge on any atom is 0.355 e. The van der Waals surface area contributed by atoms with Gasteiger partial charge in [0.25, 0.3) is 0 Å². The average Bonchev–Trinajstić information content (AvgIpc) is 2.61. The number of esters is 1. The highest BCUT2D eigenvalue weighted by molar-refractivity contribution is 9.10. The van der Waals surface area contributed by atoms with Gasteiger partial charge in [0.05, 0.1) is 0 Å². The molecule has 1 unspecified atom stereocenters. The molecule has 2 aromatic carbocycles. The van der Waals surface area contributed by atoms with Crippen LogP contribution in [-0.4, -0.2) is 23.8 Å². The minimum absolute atomic E-state index is 0.0286. The molecule has 0 heterocycles. The number of ether oxygens (including phenoxy) is 1. The van der Waals surface area contributed by atoms with Crippen molar-refractivity contribution in [3.8, 4) is 0 Å². The molecule has 2 aromatic rings. The molecule has 0 aromatic heterocycles. The minimum atomic E-state index is -0.989. The molecule has 134 valence electrons. The summed E-state index contributed by atoms with van der Waals surface area (Å²) in [5.74, 6) is -1.51. The van der Waals surface area contributed by atoms with Crippen molar-refractivity contribution < 1.29 is 19.1 Å². The zero-order valence-corrected chi connectivity index (χ0v) is 15.9. The summed E-state index contributed by atoms with van der Waals surface area (Å²) in [4.78, 5) is 36.2. The first-order valence-electron chi connectivity index (χ1n) is 7.92. The van der Waals surface area contributed by atoms with Crippen molar-refractivity contribution in [3.05, 3.63) is 75.9 Å². The number of carbonyl (C=O) groups is 3. The number of nitrogens with one attached hydrogen (secondary N) is 1. The number of Topliss-reactive ketones (excluding diaryl/α,β-unsaturated/α-hetero) is 1. The van der Waals surface area contributed by atoms with Gasteiger partial charge in [0, 0.05) is 17.0 Å². The Hall–Kier alpha value is -2.73. The lowest BCUT2D eigenvalue weighted by molar-refractivity contribution is -0.142. The predicted molar refractivity (Wildman–Crippen MR) is 102 cm³/mol. The number of carbonyl (C=O) groups excluding carboxylic acids is 3. The second-order valence-corrected chi connectivity index (χ2v) is 6.48. The van der Waals surface area contributed by atoms with Crippen molar-refractivity contribution in [2.45, 2.75) is 20.0 Å². The number of hydrogen-bond donors (Lipinski definition) is 1. The van der Waals surface area contributed by atoms with Crippen LogP contribution in [0.5, 0.6) is 0 Å². The smallest absolute Gasteiger partial charge is 0.355 e. The van der Waals surface area contributed by atoms with Gasteiger partial charge in [-0.05, 0) is 30.7 Å². The minimum Gasteiger partial charge on any atom is -0.450 e. The lowest BCUT2D eigenvalue weighted by Gasteiger charge is -2.14. The van der Waals surface area contributed by atoms with Gasteiger partial charge in [-0.15, -0.1) is 0 Å². The van der Waals surface area contributed by atoms with E-state index in [2.05, 4.69) is 21.2 Å². The molecule has 1 atom stereocenters. The first-order chi connectivity index (χ1) is 12.4. The topological polar surface area (TPSA) is 72.5 Å². The van der Waals surface area contributed by atoms with Crippen LogP contribution in [0, 0.1) is 0 Å². The first-order valence-corrected chi connectivity index (χ1v) is 8.71. The van der Waals surface area contributed by atoms with E-state index in [-0.39, 0.29) is 11.5 Å². The molecule has 0 bridgehead atoms. The molecule has 5 nitrogen and oxygen atoms in total. The van der Waals surface area contributed by atoms with Gasteiger partial charge in [0.2, 0.25) is 11.7 Å². The number of benzene rings is 2. The van der Waals surface area contributed by atoms with E-state index in [4.69, 9.17) is 4.74 Å². The van der Waals surface area contributed by atoms with Crippen LogP contribution in [-0.2, 0) is 14.3 Å². The fraction of sp³-hybridized carbons (Fsp3) is 0.150. The zero-order chi connectivity index (χ0) is 19.1. The van der Waals surface area contributed by atoms with Crippen LogP contribution in [0.1, 0.15) is 29.8 Å². The molecule has 0 aliphatic heterocycles. The van der Waals surface area contributed by atoms with E-state index in [1.807, 2.05) is 18.2 Å². The lowest BCUT2D eigenvalue weighted by atomic mass is 10.1. The number of rotatable bonds is 6. The first kappa shape index (κ1) is 19.6. The lowest BCUT2D eigenvalue weighted by Crippen LogP contribution is -2.31. The summed E-state index contributed by atoms with van der Waals surface area (Å²) in [5, 5.41) is 2.45. The Morgan fingerprint density at radius 2 is 1.65 bits per heavy atom. The fourth-order valence-electron chi connectivity index (χ4n) is 2.18.